The van der Waals surface area contributed by atoms with Crippen molar-refractivity contribution in [1.29, 1.82) is 0 Å². The maximum absolute atomic E-state index is 5.52. The van der Waals surface area contributed by atoms with Crippen molar-refractivity contribution in [2.45, 2.75) is 20.8 Å². The van der Waals surface area contributed by atoms with Crippen LogP contribution in [0.25, 0.3) is 11.3 Å². The van der Waals surface area contributed by atoms with Crippen molar-refractivity contribution in [2.24, 2.45) is 0 Å². The molecule has 1 aromatic carbocycles. The minimum absolute atomic E-state index is 0.278. The van der Waals surface area contributed by atoms with E-state index < -0.39 is 0 Å². The van der Waals surface area contributed by atoms with Crippen molar-refractivity contribution < 1.29 is 9.47 Å². The Morgan fingerprint density at radius 3 is 2.63 bits per heavy atom. The van der Waals surface area contributed by atoms with Gasteiger partial charge in [-0.1, -0.05) is 19.9 Å². The predicted octanol–water partition coefficient (Wildman–Crippen LogP) is 3.18. The molecular weight excluding hydrogens is 242 g/mol. The van der Waals surface area contributed by atoms with Crippen LogP contribution in [-0.2, 0) is 0 Å². The Kier molecular flexibility index (Phi) is 3.94. The molecule has 0 fully saturated rings. The normalized spacial score (nSPS) is 11.8. The van der Waals surface area contributed by atoms with Crippen LogP contribution in [-0.4, -0.2) is 23.8 Å². The lowest BCUT2D eigenvalue weighted by Crippen LogP contribution is -1.94. The summed E-state index contributed by atoms with van der Waals surface area (Å²) < 4.78 is 11.0. The molecule has 0 radical (unpaired) electrons. The maximum atomic E-state index is 5.52. The van der Waals surface area contributed by atoms with E-state index in [0.717, 1.165) is 34.3 Å². The minimum atomic E-state index is 0.278. The summed E-state index contributed by atoms with van der Waals surface area (Å²) in [5.41, 5.74) is 2.96. The lowest BCUT2D eigenvalue weighted by Gasteiger charge is -2.05. The van der Waals surface area contributed by atoms with E-state index in [1.165, 1.54) is 0 Å². The van der Waals surface area contributed by atoms with Gasteiger partial charge < -0.3 is 19.8 Å². The fraction of sp³-hybridized carbons (Fsp3) is 0.357. The van der Waals surface area contributed by atoms with Gasteiger partial charge in [0.1, 0.15) is 0 Å². The van der Waals surface area contributed by atoms with E-state index in [9.17, 15) is 0 Å². The first-order chi connectivity index (χ1) is 9.29. The Morgan fingerprint density at radius 2 is 1.95 bits per heavy atom. The van der Waals surface area contributed by atoms with Gasteiger partial charge in [0, 0.05) is 12.6 Å². The molecule has 2 heterocycles. The lowest BCUT2D eigenvalue weighted by molar-refractivity contribution is 0.173. The third-order valence-electron chi connectivity index (χ3n) is 2.82. The Labute approximate surface area is 113 Å². The highest BCUT2D eigenvalue weighted by Crippen LogP contribution is 2.43. The minimum Gasteiger partial charge on any atom is -0.453 e. The van der Waals surface area contributed by atoms with Gasteiger partial charge in [-0.25, -0.2) is 4.98 Å². The molecule has 0 atom stereocenters. The fourth-order valence-electron chi connectivity index (χ4n) is 1.93. The molecule has 5 heteroatoms. The number of imidazole rings is 1. The zero-order chi connectivity index (χ0) is 13.8. The quantitative estimate of drug-likeness (QED) is 0.871. The van der Waals surface area contributed by atoms with Gasteiger partial charge in [0.25, 0.3) is 0 Å². The second-order valence-corrected chi connectivity index (χ2v) is 3.89. The number of aromatic nitrogens is 2. The molecule has 3 rings (SSSR count). The van der Waals surface area contributed by atoms with Gasteiger partial charge in [0.2, 0.25) is 6.79 Å². The zero-order valence-electron chi connectivity index (χ0n) is 11.7. The Hall–Kier alpha value is -2.17. The molecule has 0 unspecified atom stereocenters. The number of H-pyrrole nitrogens is 1. The third-order valence-corrected chi connectivity index (χ3v) is 2.82. The Morgan fingerprint density at radius 1 is 1.21 bits per heavy atom. The second kappa shape index (κ2) is 5.65. The predicted molar refractivity (Wildman–Crippen MR) is 75.8 cm³/mol. The maximum Gasteiger partial charge on any atom is 0.231 e. The van der Waals surface area contributed by atoms with Crippen LogP contribution < -0.4 is 14.8 Å². The Balaban J connectivity index is 0.000000637. The first-order valence-electron chi connectivity index (χ1n) is 6.42. The fourth-order valence-corrected chi connectivity index (χ4v) is 1.93. The number of hydrogen-bond donors (Lipinski definition) is 2. The molecule has 1 aliphatic rings. The highest BCUT2D eigenvalue weighted by atomic mass is 16.7. The molecule has 0 bridgehead atoms. The van der Waals surface area contributed by atoms with Crippen molar-refractivity contribution in [3.8, 4) is 22.8 Å². The van der Waals surface area contributed by atoms with Crippen LogP contribution in [0.2, 0.25) is 0 Å². The summed E-state index contributed by atoms with van der Waals surface area (Å²) in [6.07, 6.45) is 1.78. The van der Waals surface area contributed by atoms with Crippen LogP contribution >= 0.6 is 0 Å². The van der Waals surface area contributed by atoms with Crippen LogP contribution in [0, 0.1) is 6.92 Å². The monoisotopic (exact) mass is 261 g/mol. The SMILES string of the molecule is CC.CNc1ncc(-c2ccc(C)c3c2OCO3)[nH]1. The van der Waals surface area contributed by atoms with Gasteiger partial charge in [0.05, 0.1) is 11.9 Å². The second-order valence-electron chi connectivity index (χ2n) is 3.89. The van der Waals surface area contributed by atoms with E-state index in [0.29, 0.717) is 0 Å². The molecule has 19 heavy (non-hydrogen) atoms. The van der Waals surface area contributed by atoms with E-state index >= 15 is 0 Å². The van der Waals surface area contributed by atoms with Crippen LogP contribution in [0.15, 0.2) is 18.3 Å². The number of hydrogen-bond acceptors (Lipinski definition) is 4. The van der Waals surface area contributed by atoms with E-state index in [4.69, 9.17) is 9.47 Å². The average Bonchev–Trinajstić information content (AvgIpc) is 3.10. The van der Waals surface area contributed by atoms with Crippen molar-refractivity contribution >= 4 is 5.95 Å². The molecule has 0 aliphatic carbocycles. The van der Waals surface area contributed by atoms with E-state index in [-0.39, 0.29) is 6.79 Å². The van der Waals surface area contributed by atoms with Crippen LogP contribution in [0.1, 0.15) is 19.4 Å². The number of fused-ring (bicyclic) bond motifs is 1. The number of benzene rings is 1. The lowest BCUT2D eigenvalue weighted by atomic mass is 10.1. The molecule has 5 nitrogen and oxygen atoms in total. The molecule has 0 amide bonds. The van der Waals surface area contributed by atoms with E-state index in [2.05, 4.69) is 15.3 Å². The molecule has 0 spiro atoms. The van der Waals surface area contributed by atoms with Gasteiger partial charge in [-0.05, 0) is 18.6 Å². The highest BCUT2D eigenvalue weighted by Gasteiger charge is 2.21. The molecule has 0 saturated heterocycles. The number of aromatic amines is 1. The molecule has 0 saturated carbocycles. The van der Waals surface area contributed by atoms with Crippen LogP contribution in [0.5, 0.6) is 11.5 Å². The smallest absolute Gasteiger partial charge is 0.231 e. The van der Waals surface area contributed by atoms with Crippen LogP contribution in [0.4, 0.5) is 5.95 Å². The van der Waals surface area contributed by atoms with E-state index in [1.807, 2.05) is 40.0 Å². The Bertz CT molecular complexity index is 564. The summed E-state index contributed by atoms with van der Waals surface area (Å²) >= 11 is 0. The zero-order valence-corrected chi connectivity index (χ0v) is 11.7. The van der Waals surface area contributed by atoms with Crippen molar-refractivity contribution in [3.63, 3.8) is 0 Å². The van der Waals surface area contributed by atoms with Crippen LogP contribution in [0.3, 0.4) is 0 Å². The van der Waals surface area contributed by atoms with E-state index in [1.54, 1.807) is 6.20 Å². The molecule has 2 aromatic rings. The molecule has 1 aliphatic heterocycles. The first-order valence-corrected chi connectivity index (χ1v) is 6.42. The number of nitrogens with zero attached hydrogens (tertiary/aromatic N) is 1. The largest absolute Gasteiger partial charge is 0.453 e. The number of nitrogens with one attached hydrogen (secondary N) is 2. The highest BCUT2D eigenvalue weighted by molar-refractivity contribution is 5.73. The summed E-state index contributed by atoms with van der Waals surface area (Å²) in [7, 11) is 1.82. The summed E-state index contributed by atoms with van der Waals surface area (Å²) in [4.78, 5) is 7.37. The molecule has 102 valence electrons. The summed E-state index contributed by atoms with van der Waals surface area (Å²) in [5, 5.41) is 2.96. The average molecular weight is 261 g/mol. The van der Waals surface area contributed by atoms with Gasteiger partial charge in [-0.2, -0.15) is 0 Å². The number of aryl methyl sites for hydroxylation is 1. The molecule has 1 aromatic heterocycles. The standard InChI is InChI=1S/C12H13N3O2.C2H6/c1-7-3-4-8(11-10(7)16-6-17-11)9-5-14-12(13-2)15-9;1-2/h3-5H,6H2,1-2H3,(H2,13,14,15);1-2H3. The topological polar surface area (TPSA) is 59.2 Å². The van der Waals surface area contributed by atoms with Gasteiger partial charge in [-0.15, -0.1) is 0 Å². The number of rotatable bonds is 2. The van der Waals surface area contributed by atoms with Crippen molar-refractivity contribution in [3.05, 3.63) is 23.9 Å². The van der Waals surface area contributed by atoms with Gasteiger partial charge in [-0.3, -0.25) is 0 Å². The van der Waals surface area contributed by atoms with Gasteiger partial charge in [0.15, 0.2) is 17.4 Å². The molecular formula is C14H19N3O2. The number of ether oxygens (including phenoxy) is 2. The van der Waals surface area contributed by atoms with Gasteiger partial charge >= 0.3 is 0 Å². The summed E-state index contributed by atoms with van der Waals surface area (Å²) in [6.45, 7) is 6.28. The van der Waals surface area contributed by atoms with Crippen molar-refractivity contribution in [2.75, 3.05) is 19.2 Å². The number of anilines is 1. The van der Waals surface area contributed by atoms with Crippen molar-refractivity contribution in [1.82, 2.24) is 9.97 Å². The molecule has 2 N–H and O–H groups in total. The summed E-state index contributed by atoms with van der Waals surface area (Å²) in [6, 6.07) is 4.03. The first kappa shape index (κ1) is 13.3. The summed E-state index contributed by atoms with van der Waals surface area (Å²) in [5.74, 6) is 2.34. The third kappa shape index (κ3) is 2.36.